The van der Waals surface area contributed by atoms with E-state index >= 15 is 0 Å². The second-order valence-corrected chi connectivity index (χ2v) is 8.37. The number of hydrogen-bond acceptors (Lipinski definition) is 4. The van der Waals surface area contributed by atoms with E-state index in [1.54, 1.807) is 10.6 Å². The number of nitrogens with one attached hydrogen (secondary N) is 1. The maximum absolute atomic E-state index is 13.1. The van der Waals surface area contributed by atoms with Gasteiger partial charge in [-0.25, -0.2) is 0 Å². The summed E-state index contributed by atoms with van der Waals surface area (Å²) in [6, 6.07) is 10.3. The summed E-state index contributed by atoms with van der Waals surface area (Å²) in [4.78, 5) is 28.4. The fourth-order valence-corrected chi connectivity index (χ4v) is 5.10. The van der Waals surface area contributed by atoms with Gasteiger partial charge in [0.25, 0.3) is 11.5 Å². The van der Waals surface area contributed by atoms with Crippen LogP contribution >= 0.6 is 0 Å². The summed E-state index contributed by atoms with van der Waals surface area (Å²) in [5.74, 6) is -0.273. The summed E-state index contributed by atoms with van der Waals surface area (Å²) < 4.78 is 1.71. The third-order valence-electron chi connectivity index (χ3n) is 6.28. The van der Waals surface area contributed by atoms with Crippen molar-refractivity contribution in [2.75, 3.05) is 13.2 Å². The molecule has 0 spiro atoms. The summed E-state index contributed by atoms with van der Waals surface area (Å²) >= 11 is 0. The molecule has 28 heavy (non-hydrogen) atoms. The fraction of sp³-hybridized carbons (Fsp3) is 0.545. The lowest BCUT2D eigenvalue weighted by molar-refractivity contribution is 0.0781. The maximum Gasteiger partial charge on any atom is 0.264 e. The number of pyridine rings is 1. The Hall–Kier alpha value is -2.18. The summed E-state index contributed by atoms with van der Waals surface area (Å²) in [5, 5.41) is 13.3. The number of piperidine rings is 1. The number of amides is 1. The third kappa shape index (κ3) is 3.35. The molecule has 2 unspecified atom stereocenters. The van der Waals surface area contributed by atoms with Gasteiger partial charge in [-0.15, -0.1) is 0 Å². The summed E-state index contributed by atoms with van der Waals surface area (Å²) in [5.41, 5.74) is 0.846. The molecule has 150 valence electrons. The molecule has 4 rings (SSSR count). The second kappa shape index (κ2) is 7.68. The predicted octanol–water partition coefficient (Wildman–Crippen LogP) is 2.30. The van der Waals surface area contributed by atoms with E-state index in [9.17, 15) is 14.7 Å². The molecule has 0 saturated carbocycles. The molecule has 2 aliphatic rings. The smallest absolute Gasteiger partial charge is 0.264 e. The zero-order chi connectivity index (χ0) is 19.8. The number of rotatable bonds is 5. The van der Waals surface area contributed by atoms with E-state index < -0.39 is 0 Å². The Morgan fingerprint density at radius 1 is 1.21 bits per heavy atom. The van der Waals surface area contributed by atoms with E-state index in [2.05, 4.69) is 10.2 Å². The first-order chi connectivity index (χ1) is 13.5. The molecule has 0 aliphatic carbocycles. The van der Waals surface area contributed by atoms with Gasteiger partial charge in [-0.05, 0) is 57.0 Å². The highest BCUT2D eigenvalue weighted by Crippen LogP contribution is 2.35. The minimum atomic E-state index is -0.273. The van der Waals surface area contributed by atoms with E-state index in [1.807, 2.05) is 38.1 Å². The lowest BCUT2D eigenvalue weighted by Crippen LogP contribution is -2.51. The highest BCUT2D eigenvalue weighted by Gasteiger charge is 2.40. The van der Waals surface area contributed by atoms with Crippen LogP contribution in [0.2, 0.25) is 0 Å². The number of aromatic nitrogens is 1. The van der Waals surface area contributed by atoms with Crippen LogP contribution in [0.25, 0.3) is 10.9 Å². The normalized spacial score (nSPS) is 24.8. The van der Waals surface area contributed by atoms with Crippen molar-refractivity contribution in [1.82, 2.24) is 14.8 Å². The number of hydrogen-bond donors (Lipinski definition) is 2. The van der Waals surface area contributed by atoms with Crippen LogP contribution in [0.3, 0.4) is 0 Å². The molecule has 2 N–H and O–H groups in total. The zero-order valence-corrected chi connectivity index (χ0v) is 16.6. The van der Waals surface area contributed by atoms with Gasteiger partial charge in [-0.2, -0.15) is 0 Å². The van der Waals surface area contributed by atoms with Crippen LogP contribution in [0.15, 0.2) is 35.1 Å². The van der Waals surface area contributed by atoms with E-state index in [0.717, 1.165) is 36.6 Å². The van der Waals surface area contributed by atoms with Crippen molar-refractivity contribution in [1.29, 1.82) is 0 Å². The second-order valence-electron chi connectivity index (χ2n) is 8.37. The quantitative estimate of drug-likeness (QED) is 0.831. The number of benzene rings is 1. The summed E-state index contributed by atoms with van der Waals surface area (Å²) in [7, 11) is 0. The molecule has 1 aromatic carbocycles. The van der Waals surface area contributed by atoms with Crippen LogP contribution in [0, 0.1) is 0 Å². The van der Waals surface area contributed by atoms with Gasteiger partial charge < -0.3 is 15.0 Å². The Morgan fingerprint density at radius 3 is 2.54 bits per heavy atom. The third-order valence-corrected chi connectivity index (χ3v) is 6.28. The topological polar surface area (TPSA) is 74.6 Å². The summed E-state index contributed by atoms with van der Waals surface area (Å²) in [6.45, 7) is 4.81. The molecular formula is C22H29N3O3. The monoisotopic (exact) mass is 383 g/mol. The standard InChI is InChI=1S/C22H29N3O3/c1-14(2)25-20-6-4-3-5-15(20)11-19(22(25)28)21(27)23-16-12-17-7-8-18(13-16)24(17)9-10-26/h3-6,11,14,16-18,26H,7-10,12-13H2,1-2H3,(H,23,27). The first-order valence-electron chi connectivity index (χ1n) is 10.3. The molecule has 1 amide bonds. The molecule has 2 fully saturated rings. The molecule has 6 heteroatoms. The van der Waals surface area contributed by atoms with Crippen molar-refractivity contribution in [2.45, 2.75) is 63.7 Å². The van der Waals surface area contributed by atoms with Crippen molar-refractivity contribution in [3.63, 3.8) is 0 Å². The van der Waals surface area contributed by atoms with Gasteiger partial charge in [0.15, 0.2) is 0 Å². The molecule has 0 radical (unpaired) electrons. The molecular weight excluding hydrogens is 354 g/mol. The largest absolute Gasteiger partial charge is 0.395 e. The van der Waals surface area contributed by atoms with Crippen molar-refractivity contribution >= 4 is 16.8 Å². The average Bonchev–Trinajstić information content (AvgIpc) is 2.90. The van der Waals surface area contributed by atoms with E-state index in [1.165, 1.54) is 0 Å². The molecule has 2 aromatic rings. The van der Waals surface area contributed by atoms with Gasteiger partial charge in [0.05, 0.1) is 12.1 Å². The van der Waals surface area contributed by atoms with Gasteiger partial charge in [0, 0.05) is 30.7 Å². The van der Waals surface area contributed by atoms with Gasteiger partial charge in [0.1, 0.15) is 5.56 Å². The van der Waals surface area contributed by atoms with E-state index in [0.29, 0.717) is 18.6 Å². The molecule has 3 heterocycles. The number of aliphatic hydroxyl groups excluding tert-OH is 1. The molecule has 2 bridgehead atoms. The zero-order valence-electron chi connectivity index (χ0n) is 16.6. The van der Waals surface area contributed by atoms with Crippen LogP contribution in [0.4, 0.5) is 0 Å². The van der Waals surface area contributed by atoms with Crippen LogP contribution < -0.4 is 10.9 Å². The van der Waals surface area contributed by atoms with Gasteiger partial charge in [-0.1, -0.05) is 18.2 Å². The van der Waals surface area contributed by atoms with Crippen molar-refractivity contribution in [3.05, 3.63) is 46.2 Å². The highest BCUT2D eigenvalue weighted by molar-refractivity contribution is 5.97. The number of carbonyl (C=O) groups excluding carboxylic acids is 1. The van der Waals surface area contributed by atoms with Crippen LogP contribution in [0.1, 0.15) is 55.9 Å². The van der Waals surface area contributed by atoms with Crippen LogP contribution in [-0.2, 0) is 0 Å². The lowest BCUT2D eigenvalue weighted by atomic mass is 9.97. The first kappa shape index (κ1) is 19.2. The SMILES string of the molecule is CC(C)n1c(=O)c(C(=O)NC2CC3CCC(C2)N3CCO)cc2ccccc21. The van der Waals surface area contributed by atoms with Crippen molar-refractivity contribution in [2.24, 2.45) is 0 Å². The molecule has 2 atom stereocenters. The van der Waals surface area contributed by atoms with Crippen molar-refractivity contribution < 1.29 is 9.90 Å². The number of carbonyl (C=O) groups is 1. The number of aliphatic hydroxyl groups is 1. The lowest BCUT2D eigenvalue weighted by Gasteiger charge is -2.38. The minimum absolute atomic E-state index is 0.0253. The Kier molecular flexibility index (Phi) is 5.25. The van der Waals surface area contributed by atoms with Gasteiger partial charge in [-0.3, -0.25) is 14.5 Å². The molecule has 1 aromatic heterocycles. The van der Waals surface area contributed by atoms with Gasteiger partial charge in [0.2, 0.25) is 0 Å². The maximum atomic E-state index is 13.1. The number of para-hydroxylation sites is 1. The van der Waals surface area contributed by atoms with E-state index in [-0.39, 0.29) is 35.7 Å². The Morgan fingerprint density at radius 2 is 1.89 bits per heavy atom. The Bertz CT molecular complexity index is 922. The Balaban J connectivity index is 1.59. The fourth-order valence-electron chi connectivity index (χ4n) is 5.10. The molecule has 2 saturated heterocycles. The predicted molar refractivity (Wildman–Crippen MR) is 110 cm³/mol. The van der Waals surface area contributed by atoms with E-state index in [4.69, 9.17) is 0 Å². The van der Waals surface area contributed by atoms with Crippen molar-refractivity contribution in [3.8, 4) is 0 Å². The molecule has 6 nitrogen and oxygen atoms in total. The van der Waals surface area contributed by atoms with Crippen LogP contribution in [0.5, 0.6) is 0 Å². The first-order valence-corrected chi connectivity index (χ1v) is 10.3. The molecule has 2 aliphatic heterocycles. The Labute approximate surface area is 165 Å². The highest BCUT2D eigenvalue weighted by atomic mass is 16.3. The van der Waals surface area contributed by atoms with Gasteiger partial charge >= 0.3 is 0 Å². The number of nitrogens with zero attached hydrogens (tertiary/aromatic N) is 2. The summed E-state index contributed by atoms with van der Waals surface area (Å²) in [6.07, 6.45) is 4.00. The minimum Gasteiger partial charge on any atom is -0.395 e. The number of fused-ring (bicyclic) bond motifs is 3. The average molecular weight is 383 g/mol. The van der Waals surface area contributed by atoms with Crippen LogP contribution in [-0.4, -0.2) is 51.8 Å².